The van der Waals surface area contributed by atoms with E-state index in [0.717, 1.165) is 38.0 Å². The summed E-state index contributed by atoms with van der Waals surface area (Å²) in [5.41, 5.74) is 6.66. The lowest BCUT2D eigenvalue weighted by Crippen LogP contribution is -2.39. The van der Waals surface area contributed by atoms with Crippen molar-refractivity contribution >= 4 is 24.3 Å². The number of benzene rings is 1. The molecular formula is C17H27ClN4O2. The standard InChI is InChI=1S/C17H26N4O2.ClH/c1-19-9-6-13-7-10-21(11-8-13)16(22)15-4-2-14(3-5-15)12-20-17(18)23;/h2-5,13,19H,6-12H2,1H3,(H3,18,20,23);1H. The van der Waals surface area contributed by atoms with E-state index < -0.39 is 6.03 Å². The molecule has 7 heteroatoms. The SMILES string of the molecule is CNCCC1CCN(C(=O)c2ccc(CNC(N)=O)cc2)CC1.Cl. The number of rotatable bonds is 6. The molecule has 0 bridgehead atoms. The summed E-state index contributed by atoms with van der Waals surface area (Å²) < 4.78 is 0. The van der Waals surface area contributed by atoms with Crippen LogP contribution in [0.5, 0.6) is 0 Å². The average Bonchev–Trinajstić information content (AvgIpc) is 2.58. The number of nitrogens with one attached hydrogen (secondary N) is 2. The maximum absolute atomic E-state index is 12.5. The van der Waals surface area contributed by atoms with Crippen LogP contribution in [0, 0.1) is 5.92 Å². The van der Waals surface area contributed by atoms with E-state index in [9.17, 15) is 9.59 Å². The Labute approximate surface area is 149 Å². The summed E-state index contributed by atoms with van der Waals surface area (Å²) in [6.07, 6.45) is 3.34. The molecule has 3 amide bonds. The first-order chi connectivity index (χ1) is 11.1. The fraction of sp³-hybridized carbons (Fsp3) is 0.529. The Morgan fingerprint density at radius 3 is 2.38 bits per heavy atom. The third-order valence-corrected chi connectivity index (χ3v) is 4.37. The zero-order valence-electron chi connectivity index (χ0n) is 14.1. The van der Waals surface area contributed by atoms with Gasteiger partial charge in [0.1, 0.15) is 0 Å². The van der Waals surface area contributed by atoms with Gasteiger partial charge < -0.3 is 21.3 Å². The highest BCUT2D eigenvalue weighted by atomic mass is 35.5. The van der Waals surface area contributed by atoms with Crippen LogP contribution in [0.1, 0.15) is 35.2 Å². The summed E-state index contributed by atoms with van der Waals surface area (Å²) >= 11 is 0. The molecular weight excluding hydrogens is 328 g/mol. The van der Waals surface area contributed by atoms with Crippen molar-refractivity contribution in [3.8, 4) is 0 Å². The highest BCUT2D eigenvalue weighted by molar-refractivity contribution is 5.94. The van der Waals surface area contributed by atoms with E-state index in [4.69, 9.17) is 5.73 Å². The van der Waals surface area contributed by atoms with E-state index in [1.807, 2.05) is 36.2 Å². The lowest BCUT2D eigenvalue weighted by Gasteiger charge is -2.32. The summed E-state index contributed by atoms with van der Waals surface area (Å²) in [4.78, 5) is 25.2. The first-order valence-corrected chi connectivity index (χ1v) is 8.16. The smallest absolute Gasteiger partial charge is 0.312 e. The number of nitrogens with zero attached hydrogens (tertiary/aromatic N) is 1. The van der Waals surface area contributed by atoms with E-state index in [2.05, 4.69) is 10.6 Å². The molecule has 0 saturated carbocycles. The van der Waals surface area contributed by atoms with E-state index in [-0.39, 0.29) is 18.3 Å². The molecule has 0 aromatic heterocycles. The Morgan fingerprint density at radius 2 is 1.83 bits per heavy atom. The van der Waals surface area contributed by atoms with E-state index in [0.29, 0.717) is 18.0 Å². The van der Waals surface area contributed by atoms with Crippen LogP contribution in [-0.4, -0.2) is 43.5 Å². The second-order valence-electron chi connectivity index (χ2n) is 6.04. The highest BCUT2D eigenvalue weighted by Crippen LogP contribution is 2.21. The number of piperidine rings is 1. The van der Waals surface area contributed by atoms with Gasteiger partial charge in [-0.25, -0.2) is 4.79 Å². The molecule has 0 aliphatic carbocycles. The number of carbonyl (C=O) groups is 2. The molecule has 134 valence electrons. The van der Waals surface area contributed by atoms with Crippen molar-refractivity contribution in [3.05, 3.63) is 35.4 Å². The minimum absolute atomic E-state index is 0. The van der Waals surface area contributed by atoms with Gasteiger partial charge in [-0.05, 0) is 56.5 Å². The molecule has 1 heterocycles. The van der Waals surface area contributed by atoms with Crippen molar-refractivity contribution in [2.75, 3.05) is 26.7 Å². The Bertz CT molecular complexity index is 528. The largest absolute Gasteiger partial charge is 0.352 e. The van der Waals surface area contributed by atoms with Crippen LogP contribution in [0.25, 0.3) is 0 Å². The van der Waals surface area contributed by atoms with Gasteiger partial charge in [-0.2, -0.15) is 0 Å². The molecule has 1 saturated heterocycles. The quantitative estimate of drug-likeness (QED) is 0.727. The number of hydrogen-bond donors (Lipinski definition) is 3. The number of nitrogens with two attached hydrogens (primary N) is 1. The second-order valence-corrected chi connectivity index (χ2v) is 6.04. The van der Waals surface area contributed by atoms with Crippen LogP contribution in [0.15, 0.2) is 24.3 Å². The fourth-order valence-electron chi connectivity index (χ4n) is 2.91. The van der Waals surface area contributed by atoms with Gasteiger partial charge in [0.2, 0.25) is 0 Å². The van der Waals surface area contributed by atoms with Crippen LogP contribution >= 0.6 is 12.4 Å². The number of carbonyl (C=O) groups excluding carboxylic acids is 2. The van der Waals surface area contributed by atoms with Gasteiger partial charge in [-0.1, -0.05) is 12.1 Å². The minimum Gasteiger partial charge on any atom is -0.352 e. The van der Waals surface area contributed by atoms with E-state index in [1.54, 1.807) is 0 Å². The second kappa shape index (κ2) is 10.2. The third kappa shape index (κ3) is 6.02. The van der Waals surface area contributed by atoms with Crippen molar-refractivity contribution in [2.45, 2.75) is 25.8 Å². The Balaban J connectivity index is 0.00000288. The van der Waals surface area contributed by atoms with Gasteiger partial charge in [-0.3, -0.25) is 4.79 Å². The normalized spacial score (nSPS) is 14.8. The number of likely N-dealkylation sites (tertiary alicyclic amines) is 1. The number of amides is 3. The Hall–Kier alpha value is -1.79. The molecule has 0 radical (unpaired) electrons. The molecule has 1 aromatic carbocycles. The van der Waals surface area contributed by atoms with Crippen LogP contribution in [-0.2, 0) is 6.54 Å². The summed E-state index contributed by atoms with van der Waals surface area (Å²) in [6.45, 7) is 3.08. The third-order valence-electron chi connectivity index (χ3n) is 4.37. The molecule has 6 nitrogen and oxygen atoms in total. The van der Waals surface area contributed by atoms with Gasteiger partial charge in [0, 0.05) is 25.2 Å². The topological polar surface area (TPSA) is 87.5 Å². The summed E-state index contributed by atoms with van der Waals surface area (Å²) in [5.74, 6) is 0.806. The number of hydrogen-bond acceptors (Lipinski definition) is 3. The molecule has 0 atom stereocenters. The maximum atomic E-state index is 12.5. The molecule has 0 unspecified atom stereocenters. The zero-order chi connectivity index (χ0) is 16.7. The first-order valence-electron chi connectivity index (χ1n) is 8.16. The molecule has 1 aromatic rings. The molecule has 4 N–H and O–H groups in total. The first kappa shape index (κ1) is 20.3. The number of primary amides is 1. The van der Waals surface area contributed by atoms with Gasteiger partial charge in [0.25, 0.3) is 5.91 Å². The molecule has 1 aliphatic rings. The molecule has 24 heavy (non-hydrogen) atoms. The van der Waals surface area contributed by atoms with Gasteiger partial charge in [0.15, 0.2) is 0 Å². The van der Waals surface area contributed by atoms with Crippen molar-refractivity contribution in [3.63, 3.8) is 0 Å². The number of urea groups is 1. The predicted molar refractivity (Wildman–Crippen MR) is 97.3 cm³/mol. The van der Waals surface area contributed by atoms with Crippen molar-refractivity contribution in [2.24, 2.45) is 11.7 Å². The van der Waals surface area contributed by atoms with Gasteiger partial charge in [-0.15, -0.1) is 12.4 Å². The van der Waals surface area contributed by atoms with Crippen molar-refractivity contribution < 1.29 is 9.59 Å². The van der Waals surface area contributed by atoms with Crippen LogP contribution in [0.4, 0.5) is 4.79 Å². The molecule has 2 rings (SSSR count). The minimum atomic E-state index is -0.550. The Kier molecular flexibility index (Phi) is 8.57. The van der Waals surface area contributed by atoms with Crippen molar-refractivity contribution in [1.82, 2.24) is 15.5 Å². The average molecular weight is 355 g/mol. The predicted octanol–water partition coefficient (Wildman–Crippen LogP) is 1.74. The summed E-state index contributed by atoms with van der Waals surface area (Å²) in [6, 6.07) is 6.78. The van der Waals surface area contributed by atoms with Crippen molar-refractivity contribution in [1.29, 1.82) is 0 Å². The maximum Gasteiger partial charge on any atom is 0.312 e. The lowest BCUT2D eigenvalue weighted by atomic mass is 9.93. The van der Waals surface area contributed by atoms with E-state index in [1.165, 1.54) is 6.42 Å². The highest BCUT2D eigenvalue weighted by Gasteiger charge is 2.23. The Morgan fingerprint density at radius 1 is 1.21 bits per heavy atom. The lowest BCUT2D eigenvalue weighted by molar-refractivity contribution is 0.0687. The van der Waals surface area contributed by atoms with Gasteiger partial charge in [0.05, 0.1) is 0 Å². The summed E-state index contributed by atoms with van der Waals surface area (Å²) in [5, 5.41) is 5.72. The molecule has 1 aliphatic heterocycles. The van der Waals surface area contributed by atoms with Crippen LogP contribution in [0.3, 0.4) is 0 Å². The van der Waals surface area contributed by atoms with Crippen LogP contribution < -0.4 is 16.4 Å². The van der Waals surface area contributed by atoms with E-state index >= 15 is 0 Å². The molecule has 0 spiro atoms. The zero-order valence-corrected chi connectivity index (χ0v) is 14.9. The van der Waals surface area contributed by atoms with Gasteiger partial charge >= 0.3 is 6.03 Å². The van der Waals surface area contributed by atoms with Crippen LogP contribution in [0.2, 0.25) is 0 Å². The monoisotopic (exact) mass is 354 g/mol. The molecule has 1 fully saturated rings. The fourth-order valence-corrected chi connectivity index (χ4v) is 2.91. The number of halogens is 1. The summed E-state index contributed by atoms with van der Waals surface area (Å²) in [7, 11) is 1.97.